The maximum atomic E-state index is 5.74. The van der Waals surface area contributed by atoms with E-state index < -0.39 is 0 Å². The highest BCUT2D eigenvalue weighted by atomic mass is 16.5. The van der Waals surface area contributed by atoms with Crippen molar-refractivity contribution < 1.29 is 9.47 Å². The van der Waals surface area contributed by atoms with Gasteiger partial charge in [0.15, 0.2) is 11.5 Å². The number of benzene rings is 1. The Morgan fingerprint density at radius 3 is 2.59 bits per heavy atom. The molecule has 0 fully saturated rings. The Hall–Kier alpha value is -1.22. The molecule has 0 atom stereocenters. The Morgan fingerprint density at radius 1 is 1.12 bits per heavy atom. The standard InChI is InChI=1S/C14H23NO2/c1-3-4-5-6-9-17-14-10-12(11-15)7-8-13(14)16-2/h7-8,10H,3-6,9,11,15H2,1-2H3. The van der Waals surface area contributed by atoms with Crippen LogP contribution in [0.4, 0.5) is 0 Å². The van der Waals surface area contributed by atoms with Crippen molar-refractivity contribution in [2.24, 2.45) is 5.73 Å². The van der Waals surface area contributed by atoms with Crippen LogP contribution in [0.5, 0.6) is 11.5 Å². The molecular weight excluding hydrogens is 214 g/mol. The summed E-state index contributed by atoms with van der Waals surface area (Å²) in [6, 6.07) is 5.82. The zero-order valence-electron chi connectivity index (χ0n) is 10.9. The summed E-state index contributed by atoms with van der Waals surface area (Å²) in [6.45, 7) is 3.47. The molecule has 0 radical (unpaired) electrons. The van der Waals surface area contributed by atoms with Gasteiger partial charge in [-0.05, 0) is 24.1 Å². The molecule has 0 unspecified atom stereocenters. The zero-order chi connectivity index (χ0) is 12.5. The van der Waals surface area contributed by atoms with Crippen LogP contribution in [-0.4, -0.2) is 13.7 Å². The molecule has 0 saturated heterocycles. The number of methoxy groups -OCH3 is 1. The van der Waals surface area contributed by atoms with Gasteiger partial charge >= 0.3 is 0 Å². The van der Waals surface area contributed by atoms with Gasteiger partial charge in [-0.3, -0.25) is 0 Å². The first-order valence-electron chi connectivity index (χ1n) is 6.31. The van der Waals surface area contributed by atoms with E-state index in [0.717, 1.165) is 30.1 Å². The molecule has 0 heterocycles. The second kappa shape index (κ2) is 7.96. The van der Waals surface area contributed by atoms with Crippen molar-refractivity contribution in [2.75, 3.05) is 13.7 Å². The van der Waals surface area contributed by atoms with Gasteiger partial charge in [0, 0.05) is 6.54 Å². The molecule has 0 aromatic heterocycles. The van der Waals surface area contributed by atoms with Crippen molar-refractivity contribution in [1.29, 1.82) is 0 Å². The Labute approximate surface area is 104 Å². The summed E-state index contributed by atoms with van der Waals surface area (Å²) in [5, 5.41) is 0. The summed E-state index contributed by atoms with van der Waals surface area (Å²) in [7, 11) is 1.65. The molecule has 1 aromatic rings. The highest BCUT2D eigenvalue weighted by Gasteiger charge is 2.04. The number of ether oxygens (including phenoxy) is 2. The fourth-order valence-electron chi connectivity index (χ4n) is 1.67. The van der Waals surface area contributed by atoms with E-state index >= 15 is 0 Å². The van der Waals surface area contributed by atoms with Crippen LogP contribution in [0.1, 0.15) is 38.2 Å². The number of unbranched alkanes of at least 4 members (excludes halogenated alkanes) is 3. The van der Waals surface area contributed by atoms with Crippen molar-refractivity contribution in [3.05, 3.63) is 23.8 Å². The first-order valence-corrected chi connectivity index (χ1v) is 6.31. The van der Waals surface area contributed by atoms with Crippen LogP contribution in [-0.2, 0) is 6.54 Å². The number of nitrogens with two attached hydrogens (primary N) is 1. The minimum Gasteiger partial charge on any atom is -0.493 e. The van der Waals surface area contributed by atoms with Crippen LogP contribution in [0, 0.1) is 0 Å². The van der Waals surface area contributed by atoms with Crippen molar-refractivity contribution in [2.45, 2.75) is 39.2 Å². The lowest BCUT2D eigenvalue weighted by Crippen LogP contribution is -2.02. The minimum absolute atomic E-state index is 0.524. The maximum Gasteiger partial charge on any atom is 0.161 e. The highest BCUT2D eigenvalue weighted by Crippen LogP contribution is 2.28. The van der Waals surface area contributed by atoms with Crippen LogP contribution in [0.25, 0.3) is 0 Å². The molecule has 0 aliphatic heterocycles. The van der Waals surface area contributed by atoms with Gasteiger partial charge in [-0.2, -0.15) is 0 Å². The van der Waals surface area contributed by atoms with E-state index in [1.54, 1.807) is 7.11 Å². The summed E-state index contributed by atoms with van der Waals surface area (Å²) < 4.78 is 11.0. The molecule has 3 heteroatoms. The molecule has 17 heavy (non-hydrogen) atoms. The van der Waals surface area contributed by atoms with Crippen molar-refractivity contribution in [3.63, 3.8) is 0 Å². The first kappa shape index (κ1) is 13.8. The first-order chi connectivity index (χ1) is 8.31. The average molecular weight is 237 g/mol. The van der Waals surface area contributed by atoms with Crippen LogP contribution in [0.2, 0.25) is 0 Å². The molecule has 0 aliphatic rings. The lowest BCUT2D eigenvalue weighted by atomic mass is 10.2. The van der Waals surface area contributed by atoms with Gasteiger partial charge in [0.05, 0.1) is 13.7 Å². The largest absolute Gasteiger partial charge is 0.493 e. The van der Waals surface area contributed by atoms with E-state index in [9.17, 15) is 0 Å². The second-order valence-electron chi connectivity index (χ2n) is 4.10. The lowest BCUT2D eigenvalue weighted by Gasteiger charge is -2.11. The van der Waals surface area contributed by atoms with E-state index in [2.05, 4.69) is 6.92 Å². The van der Waals surface area contributed by atoms with E-state index in [1.807, 2.05) is 18.2 Å². The molecular formula is C14H23NO2. The predicted molar refractivity (Wildman–Crippen MR) is 70.5 cm³/mol. The topological polar surface area (TPSA) is 44.5 Å². The highest BCUT2D eigenvalue weighted by molar-refractivity contribution is 5.42. The third-order valence-electron chi connectivity index (χ3n) is 2.72. The average Bonchev–Trinajstić information content (AvgIpc) is 2.38. The third kappa shape index (κ3) is 4.65. The summed E-state index contributed by atoms with van der Waals surface area (Å²) >= 11 is 0. The molecule has 1 aromatic carbocycles. The van der Waals surface area contributed by atoms with Crippen LogP contribution in [0.15, 0.2) is 18.2 Å². The molecule has 3 nitrogen and oxygen atoms in total. The zero-order valence-corrected chi connectivity index (χ0v) is 10.9. The van der Waals surface area contributed by atoms with E-state index in [1.165, 1.54) is 19.3 Å². The van der Waals surface area contributed by atoms with E-state index in [-0.39, 0.29) is 0 Å². The Bertz CT molecular complexity index is 326. The quantitative estimate of drug-likeness (QED) is 0.706. The third-order valence-corrected chi connectivity index (χ3v) is 2.72. The summed E-state index contributed by atoms with van der Waals surface area (Å²) in [5.74, 6) is 1.57. The van der Waals surface area contributed by atoms with Crippen molar-refractivity contribution in [1.82, 2.24) is 0 Å². The fraction of sp³-hybridized carbons (Fsp3) is 0.571. The molecule has 0 spiro atoms. The Balaban J connectivity index is 2.49. The number of hydrogen-bond donors (Lipinski definition) is 1. The van der Waals surface area contributed by atoms with Gasteiger partial charge in [0.2, 0.25) is 0 Å². The maximum absolute atomic E-state index is 5.74. The van der Waals surface area contributed by atoms with Gasteiger partial charge in [-0.1, -0.05) is 32.3 Å². The summed E-state index contributed by atoms with van der Waals surface area (Å²) in [6.07, 6.45) is 4.81. The van der Waals surface area contributed by atoms with Gasteiger partial charge < -0.3 is 15.2 Å². The van der Waals surface area contributed by atoms with Gasteiger partial charge in [0.1, 0.15) is 0 Å². The molecule has 0 amide bonds. The van der Waals surface area contributed by atoms with Crippen LogP contribution in [0.3, 0.4) is 0 Å². The lowest BCUT2D eigenvalue weighted by molar-refractivity contribution is 0.285. The number of hydrogen-bond acceptors (Lipinski definition) is 3. The smallest absolute Gasteiger partial charge is 0.161 e. The summed E-state index contributed by atoms with van der Waals surface area (Å²) in [5.41, 5.74) is 6.67. The van der Waals surface area contributed by atoms with Gasteiger partial charge in [-0.15, -0.1) is 0 Å². The van der Waals surface area contributed by atoms with Gasteiger partial charge in [-0.25, -0.2) is 0 Å². The summed E-state index contributed by atoms with van der Waals surface area (Å²) in [4.78, 5) is 0. The second-order valence-corrected chi connectivity index (χ2v) is 4.10. The van der Waals surface area contributed by atoms with Crippen LogP contribution < -0.4 is 15.2 Å². The molecule has 0 saturated carbocycles. The van der Waals surface area contributed by atoms with Crippen molar-refractivity contribution in [3.8, 4) is 11.5 Å². The minimum atomic E-state index is 0.524. The molecule has 0 bridgehead atoms. The molecule has 2 N–H and O–H groups in total. The molecule has 0 aliphatic carbocycles. The van der Waals surface area contributed by atoms with E-state index in [4.69, 9.17) is 15.2 Å². The van der Waals surface area contributed by atoms with Gasteiger partial charge in [0.25, 0.3) is 0 Å². The monoisotopic (exact) mass is 237 g/mol. The Kier molecular flexibility index (Phi) is 6.48. The number of rotatable bonds is 8. The van der Waals surface area contributed by atoms with Crippen LogP contribution >= 0.6 is 0 Å². The van der Waals surface area contributed by atoms with E-state index in [0.29, 0.717) is 6.54 Å². The molecule has 96 valence electrons. The Morgan fingerprint density at radius 2 is 1.94 bits per heavy atom. The predicted octanol–water partition coefficient (Wildman–Crippen LogP) is 3.11. The van der Waals surface area contributed by atoms with Crippen molar-refractivity contribution >= 4 is 0 Å². The SMILES string of the molecule is CCCCCCOc1cc(CN)ccc1OC. The molecule has 1 rings (SSSR count). The normalized spacial score (nSPS) is 10.3. The fourth-order valence-corrected chi connectivity index (χ4v) is 1.67.